The number of nitro groups is 3. The Morgan fingerprint density at radius 2 is 0.790 bits per heavy atom. The van der Waals surface area contributed by atoms with Crippen LogP contribution in [-0.2, 0) is 63.8 Å². The van der Waals surface area contributed by atoms with E-state index in [0.717, 1.165) is 62.3 Å². The number of imidazole rings is 4. The van der Waals surface area contributed by atoms with Gasteiger partial charge in [-0.2, -0.15) is 24.9 Å². The van der Waals surface area contributed by atoms with Gasteiger partial charge in [0.25, 0.3) is 5.91 Å². The molecule has 13 aromatic rings. The number of nitrogens with one attached hydrogen (secondary N) is 1. The molecule has 5 saturated heterocycles. The molecule has 16 heterocycles. The van der Waals surface area contributed by atoms with Crippen LogP contribution in [0.5, 0.6) is 0 Å². The third-order valence-corrected chi connectivity index (χ3v) is 26.8. The molecule has 1 N–H and O–H groups in total. The number of carbonyl (C=O) groups is 9. The molecule has 5 atom stereocenters. The second kappa shape index (κ2) is 42.4. The molecule has 9 aromatic heterocycles. The number of benzene rings is 4. The molecule has 0 aliphatic carbocycles. The summed E-state index contributed by atoms with van der Waals surface area (Å²) in [5.74, 6) is 1.62. The summed E-state index contributed by atoms with van der Waals surface area (Å²) >= 11 is 11.5. The van der Waals surface area contributed by atoms with Crippen LogP contribution < -0.4 is 29.4 Å². The largest absolute Gasteiger partial charge is 0.467 e. The molecule has 143 heavy (non-hydrogen) atoms. The Hall–Kier alpha value is -16.9. The quantitative estimate of drug-likeness (QED) is 0.0229. The van der Waals surface area contributed by atoms with Gasteiger partial charge in [0.05, 0.1) is 42.3 Å². The zero-order valence-corrected chi connectivity index (χ0v) is 80.3. The molecule has 5 fully saturated rings. The lowest BCUT2D eigenvalue weighted by atomic mass is 9.82. The number of methoxy groups -OCH3 is 3. The first-order valence-electron chi connectivity index (χ1n) is 45.5. The Kier molecular flexibility index (Phi) is 29.9. The van der Waals surface area contributed by atoms with Gasteiger partial charge >= 0.3 is 35.0 Å². The second-order valence-electron chi connectivity index (χ2n) is 33.5. The highest BCUT2D eigenvalue weighted by atomic mass is 35.5. The summed E-state index contributed by atoms with van der Waals surface area (Å²) in [6.45, 7) is 9.62. The topological polar surface area (TPSA) is 541 Å². The Balaban J connectivity index is 0.000000132. The molecule has 47 heteroatoms. The van der Waals surface area contributed by atoms with Crippen molar-refractivity contribution in [2.24, 2.45) is 0 Å². The second-order valence-corrected chi connectivity index (χ2v) is 34.2. The van der Waals surface area contributed by atoms with Crippen LogP contribution in [0.25, 0.3) is 63.4 Å². The van der Waals surface area contributed by atoms with E-state index in [1.807, 2.05) is 148 Å². The molecule has 0 radical (unpaired) electrons. The lowest BCUT2D eigenvalue weighted by Gasteiger charge is -2.43. The molecule has 0 spiro atoms. The first kappa shape index (κ1) is 101. The number of amides is 5. The Labute approximate surface area is 825 Å². The molecule has 20 rings (SSSR count). The summed E-state index contributed by atoms with van der Waals surface area (Å²) in [6.07, 6.45) is 25.8. The van der Waals surface area contributed by atoms with Crippen LogP contribution in [0, 0.1) is 30.3 Å². The molecule has 7 aliphatic rings. The highest BCUT2D eigenvalue weighted by Crippen LogP contribution is 2.50. The van der Waals surface area contributed by atoms with E-state index in [1.165, 1.54) is 21.3 Å². The number of anilines is 6. The maximum atomic E-state index is 13.1. The van der Waals surface area contributed by atoms with Gasteiger partial charge in [0.2, 0.25) is 69.5 Å². The van der Waals surface area contributed by atoms with Crippen molar-refractivity contribution in [2.75, 3.05) is 64.3 Å². The highest BCUT2D eigenvalue weighted by molar-refractivity contribution is 6.29. The van der Waals surface area contributed by atoms with Gasteiger partial charge in [-0.3, -0.25) is 92.4 Å². The number of aromatic amines is 1. The van der Waals surface area contributed by atoms with Crippen molar-refractivity contribution in [1.82, 2.24) is 88.5 Å². The van der Waals surface area contributed by atoms with E-state index >= 15 is 0 Å². The number of hydrogen-bond acceptors (Lipinski definition) is 33. The minimum Gasteiger partial charge on any atom is -0.467 e. The van der Waals surface area contributed by atoms with E-state index in [4.69, 9.17) is 47.4 Å². The summed E-state index contributed by atoms with van der Waals surface area (Å²) in [5, 5.41) is 33.7. The number of ether oxygens (including phenoxy) is 3. The first-order chi connectivity index (χ1) is 68.9. The number of carbonyl (C=O) groups excluding carboxylic acids is 9. The number of halogens is 2. The number of Topliss-reactive ketones (excluding diaryl/α,β-unsaturated/α-hetero) is 1. The normalized spacial score (nSPS) is 19.5. The fourth-order valence-corrected chi connectivity index (χ4v) is 19.3. The highest BCUT2D eigenvalue weighted by Gasteiger charge is 2.60. The first-order valence-corrected chi connectivity index (χ1v) is 46.3. The number of H-pyrrole nitrogens is 1. The Morgan fingerprint density at radius 1 is 0.413 bits per heavy atom. The lowest BCUT2D eigenvalue weighted by molar-refractivity contribution is -0.384. The zero-order chi connectivity index (χ0) is 102. The monoisotopic (exact) mass is 1980 g/mol. The molecular formula is C96H95Cl2N27O18. The van der Waals surface area contributed by atoms with Crippen LogP contribution in [0.15, 0.2) is 202 Å². The molecule has 0 unspecified atom stereocenters. The van der Waals surface area contributed by atoms with Crippen molar-refractivity contribution in [3.05, 3.63) is 248 Å². The molecule has 736 valence electrons. The summed E-state index contributed by atoms with van der Waals surface area (Å²) < 4.78 is 19.8. The third kappa shape index (κ3) is 18.9. The fourth-order valence-electron chi connectivity index (χ4n) is 19.1. The van der Waals surface area contributed by atoms with Crippen molar-refractivity contribution in [3.8, 4) is 63.4 Å². The Bertz CT molecular complexity index is 7030. The van der Waals surface area contributed by atoms with Crippen molar-refractivity contribution in [2.45, 2.75) is 165 Å². The maximum Gasteiger partial charge on any atom is 0.332 e. The summed E-state index contributed by atoms with van der Waals surface area (Å²) in [5.41, 5.74) is -1.48. The van der Waals surface area contributed by atoms with Crippen LogP contribution >= 0.6 is 23.2 Å². The molecule has 4 aromatic carbocycles. The summed E-state index contributed by atoms with van der Waals surface area (Å²) in [6, 6.07) is 38.9. The van der Waals surface area contributed by atoms with Gasteiger partial charge in [-0.25, -0.2) is 59.2 Å². The SMILES string of the molecule is CC[C@@]1(C(=O)OC)CCC(=O)N1c1nc(-n2ccnc2-c2ccccc2)ncc1[N+](=O)[O-].CC[C@@]1(C(=O)OC)CCC(=O)N1c1nc(Cl)ncc1[N+](=O)[O-].CC[C@@]1(C(=O)OC)CCCN1c1nc(Cl)ncc1[N+](=O)[O-].CC[C@@]12CCC(=O)N1c1nc(-n3ccnc3-c3ccccc3)ncc1CC2=O.CC[C@@]12CCC(=O)N1c1nc(-n3ccnc3-c3ccccc3)ncc1N(C)C2=O.c1ccc(-c2ncc[nH]2)cc1. The van der Waals surface area contributed by atoms with Gasteiger partial charge in [0.1, 0.15) is 81.1 Å². The van der Waals surface area contributed by atoms with Crippen molar-refractivity contribution < 1.29 is 72.1 Å². The standard InChI is InChI=1S/C21H20N6O5.C21H20N6O2.C21H19N5O2.C12H13ClN4O5.C12H15ClN4O4.C9H8N2/c1-3-21(19(29)32-2)10-9-16(28)26(21)18-15(27(30)31)13-23-20(24-18)25-12-11-22-17(25)14-7-5-4-6-8-14;1-3-21-10-9-16(28)27(21)18-15(25(2)19(21)29)13-23-20(24-18)26-12-11-22-17(26)14-7-5-4-6-8-14;1-2-21-9-8-17(28)26(21)19-15(12-16(21)27)13-23-20(24-19)25-11-10-22-18(25)14-6-4-3-5-7-14;1-3-12(10(19)22-2)5-4-8(18)16(12)9-7(17(20)21)6-14-11(13)15-9;1-3-12(10(18)21-2)5-4-6-16(12)9-8(17(19)20)7-14-11(13)15-9;1-2-4-8(5-3-1)9-10-6-7-11-9/h4-8,11-13H,3,9-10H2,1-2H3;4-8,11-13H,3,9-10H2,1-2H3;3-7,10-11,13H,2,8-9,12H2,1H3;6H,3-5H2,1-2H3;7H,3-6H2,1-2H3;1-7H,(H,10,11)/t3*21-;2*12-;/m00000./s1. The molecular weight excluding hydrogens is 1890 g/mol. The number of aromatic nitrogens is 18. The van der Waals surface area contributed by atoms with E-state index < -0.39 is 83.6 Å². The number of fused-ring (bicyclic) bond motifs is 6. The molecule has 45 nitrogen and oxygen atoms in total. The predicted molar refractivity (Wildman–Crippen MR) is 519 cm³/mol. The van der Waals surface area contributed by atoms with E-state index in [1.54, 1.807) is 110 Å². The number of ketones is 1. The van der Waals surface area contributed by atoms with Gasteiger partial charge in [-0.05, 0) is 93.8 Å². The lowest BCUT2D eigenvalue weighted by Crippen LogP contribution is -2.60. The van der Waals surface area contributed by atoms with Crippen LogP contribution in [0.2, 0.25) is 10.6 Å². The number of rotatable bonds is 21. The number of likely N-dealkylation sites (N-methyl/N-ethyl adjacent to an activating group) is 1. The van der Waals surface area contributed by atoms with Crippen molar-refractivity contribution >= 4 is 128 Å². The average Bonchev–Trinajstić information content (AvgIpc) is 1.60. The van der Waals surface area contributed by atoms with Crippen LogP contribution in [0.1, 0.15) is 136 Å². The average molecular weight is 1990 g/mol. The van der Waals surface area contributed by atoms with Gasteiger partial charge in [0, 0.05) is 129 Å². The Morgan fingerprint density at radius 3 is 1.22 bits per heavy atom. The number of nitrogens with zero attached hydrogens (tertiary/aromatic N) is 26. The molecule has 0 saturated carbocycles. The summed E-state index contributed by atoms with van der Waals surface area (Å²) in [4.78, 5) is 216. The molecule has 7 aliphatic heterocycles. The number of hydrogen-bond donors (Lipinski definition) is 1. The molecule has 0 bridgehead atoms. The maximum absolute atomic E-state index is 13.1. The van der Waals surface area contributed by atoms with Crippen molar-refractivity contribution in [3.63, 3.8) is 0 Å². The van der Waals surface area contributed by atoms with E-state index in [-0.39, 0.29) is 108 Å². The van der Waals surface area contributed by atoms with Gasteiger partial charge < -0.3 is 29.0 Å². The van der Waals surface area contributed by atoms with Gasteiger partial charge in [-0.15, -0.1) is 0 Å². The zero-order valence-electron chi connectivity index (χ0n) is 78.8. The van der Waals surface area contributed by atoms with Gasteiger partial charge in [0.15, 0.2) is 11.6 Å². The number of esters is 3. The minimum atomic E-state index is -1.38. The summed E-state index contributed by atoms with van der Waals surface area (Å²) in [7, 11) is 5.44. The van der Waals surface area contributed by atoms with Gasteiger partial charge in [-0.1, -0.05) is 156 Å². The van der Waals surface area contributed by atoms with E-state index in [2.05, 4.69) is 64.8 Å². The van der Waals surface area contributed by atoms with E-state index in [0.29, 0.717) is 111 Å². The third-order valence-electron chi connectivity index (χ3n) is 26.4. The molecule has 5 amide bonds. The predicted octanol–water partition coefficient (Wildman–Crippen LogP) is 13.5. The van der Waals surface area contributed by atoms with Crippen molar-refractivity contribution in [1.29, 1.82) is 0 Å². The van der Waals surface area contributed by atoms with E-state index in [9.17, 15) is 73.5 Å². The van der Waals surface area contributed by atoms with Crippen LogP contribution in [0.4, 0.5) is 51.8 Å². The van der Waals surface area contributed by atoms with Crippen LogP contribution in [0.3, 0.4) is 0 Å². The van der Waals surface area contributed by atoms with Crippen LogP contribution in [-0.4, -0.2) is 219 Å². The minimum absolute atomic E-state index is 0.0414. The fraction of sp³-hybridized carbons (Fsp3) is 0.323. The smallest absolute Gasteiger partial charge is 0.332 e.